The lowest BCUT2D eigenvalue weighted by Crippen LogP contribution is -2.44. The van der Waals surface area contributed by atoms with Crippen molar-refractivity contribution in [3.8, 4) is 0 Å². The van der Waals surface area contributed by atoms with Crippen molar-refractivity contribution >= 4 is 5.82 Å². The Morgan fingerprint density at radius 3 is 2.56 bits per heavy atom. The summed E-state index contributed by atoms with van der Waals surface area (Å²) in [7, 11) is 4.17. The van der Waals surface area contributed by atoms with Gasteiger partial charge in [0.25, 0.3) is 0 Å². The first-order valence-corrected chi connectivity index (χ1v) is 6.81. The maximum Gasteiger partial charge on any atom is 0.129 e. The Morgan fingerprint density at radius 1 is 1.22 bits per heavy atom. The van der Waals surface area contributed by atoms with Crippen molar-refractivity contribution in [3.63, 3.8) is 0 Å². The lowest BCUT2D eigenvalue weighted by Gasteiger charge is -2.33. The highest BCUT2D eigenvalue weighted by molar-refractivity contribution is 5.43. The van der Waals surface area contributed by atoms with Gasteiger partial charge in [-0.2, -0.15) is 0 Å². The van der Waals surface area contributed by atoms with Gasteiger partial charge in [0.1, 0.15) is 5.82 Å². The summed E-state index contributed by atoms with van der Waals surface area (Å²) < 4.78 is 0. The third kappa shape index (κ3) is 3.21. The molecular weight excluding hydrogens is 224 g/mol. The molecule has 0 aliphatic carbocycles. The summed E-state index contributed by atoms with van der Waals surface area (Å²) >= 11 is 0. The Labute approximate surface area is 110 Å². The van der Waals surface area contributed by atoms with Gasteiger partial charge < -0.3 is 15.1 Å². The van der Waals surface area contributed by atoms with Gasteiger partial charge in [-0.15, -0.1) is 0 Å². The average molecular weight is 248 g/mol. The predicted molar refractivity (Wildman–Crippen MR) is 76.1 cm³/mol. The van der Waals surface area contributed by atoms with Crippen LogP contribution in [0.3, 0.4) is 0 Å². The van der Waals surface area contributed by atoms with Crippen molar-refractivity contribution in [3.05, 3.63) is 23.4 Å². The van der Waals surface area contributed by atoms with Gasteiger partial charge in [0.15, 0.2) is 0 Å². The van der Waals surface area contributed by atoms with E-state index in [1.165, 1.54) is 11.3 Å². The monoisotopic (exact) mass is 248 g/mol. The number of aryl methyl sites for hydroxylation is 1. The van der Waals surface area contributed by atoms with Crippen LogP contribution in [0.5, 0.6) is 0 Å². The number of piperazine rings is 1. The summed E-state index contributed by atoms with van der Waals surface area (Å²) in [6.07, 6.45) is 0.998. The van der Waals surface area contributed by atoms with Crippen molar-refractivity contribution in [1.29, 1.82) is 0 Å². The molecule has 1 aliphatic rings. The third-order valence-electron chi connectivity index (χ3n) is 3.50. The summed E-state index contributed by atoms with van der Waals surface area (Å²) in [5.74, 6) is 1.15. The molecule has 1 saturated heterocycles. The fourth-order valence-corrected chi connectivity index (χ4v) is 2.32. The van der Waals surface area contributed by atoms with E-state index in [0.717, 1.165) is 45.0 Å². The largest absolute Gasteiger partial charge is 0.354 e. The number of hydrogen-bond donors (Lipinski definition) is 1. The van der Waals surface area contributed by atoms with Crippen molar-refractivity contribution in [2.75, 3.05) is 45.2 Å². The highest BCUT2D eigenvalue weighted by Crippen LogP contribution is 2.17. The molecule has 1 aliphatic heterocycles. The number of hydrogen-bond acceptors (Lipinski definition) is 4. The molecule has 0 unspecified atom stereocenters. The number of anilines is 1. The van der Waals surface area contributed by atoms with Crippen LogP contribution in [0.4, 0.5) is 5.82 Å². The summed E-state index contributed by atoms with van der Waals surface area (Å²) in [5.41, 5.74) is 2.52. The number of pyridine rings is 1. The predicted octanol–water partition coefficient (Wildman–Crippen LogP) is 1.12. The Bertz CT molecular complexity index is 383. The number of rotatable bonds is 4. The molecule has 2 rings (SSSR count). The molecule has 100 valence electrons. The normalized spacial score (nSPS) is 17.2. The summed E-state index contributed by atoms with van der Waals surface area (Å²) in [6.45, 7) is 7.49. The second kappa shape index (κ2) is 6.16. The SMILES string of the molecule is CCc1cc(CNC)cc(N2CCN(C)CC2)n1. The molecule has 0 aromatic carbocycles. The quantitative estimate of drug-likeness (QED) is 0.865. The fourth-order valence-electron chi connectivity index (χ4n) is 2.32. The average Bonchev–Trinajstić information content (AvgIpc) is 2.39. The number of nitrogens with zero attached hydrogens (tertiary/aromatic N) is 3. The molecule has 0 atom stereocenters. The molecule has 1 fully saturated rings. The van der Waals surface area contributed by atoms with E-state index >= 15 is 0 Å². The first-order chi connectivity index (χ1) is 8.72. The van der Waals surface area contributed by atoms with E-state index in [0.29, 0.717) is 0 Å². The Hall–Kier alpha value is -1.13. The van der Waals surface area contributed by atoms with E-state index in [1.54, 1.807) is 0 Å². The summed E-state index contributed by atoms with van der Waals surface area (Å²) in [6, 6.07) is 4.43. The number of nitrogens with one attached hydrogen (secondary N) is 1. The molecule has 1 aromatic heterocycles. The highest BCUT2D eigenvalue weighted by Gasteiger charge is 2.16. The molecule has 2 heterocycles. The Morgan fingerprint density at radius 2 is 1.94 bits per heavy atom. The number of aromatic nitrogens is 1. The maximum atomic E-state index is 4.76. The van der Waals surface area contributed by atoms with Gasteiger partial charge in [-0.25, -0.2) is 4.98 Å². The summed E-state index contributed by atoms with van der Waals surface area (Å²) in [4.78, 5) is 9.53. The minimum absolute atomic E-state index is 0.913. The standard InChI is InChI=1S/C14H24N4/c1-4-13-9-12(11-15-2)10-14(16-13)18-7-5-17(3)6-8-18/h9-10,15H,4-8,11H2,1-3H3. The third-order valence-corrected chi connectivity index (χ3v) is 3.50. The van der Waals surface area contributed by atoms with Crippen LogP contribution in [-0.2, 0) is 13.0 Å². The molecule has 18 heavy (non-hydrogen) atoms. The molecule has 0 bridgehead atoms. The van der Waals surface area contributed by atoms with Crippen LogP contribution < -0.4 is 10.2 Å². The van der Waals surface area contributed by atoms with Crippen molar-refractivity contribution in [2.45, 2.75) is 19.9 Å². The van der Waals surface area contributed by atoms with E-state index in [-0.39, 0.29) is 0 Å². The van der Waals surface area contributed by atoms with Gasteiger partial charge in [0.05, 0.1) is 0 Å². The van der Waals surface area contributed by atoms with Crippen LogP contribution in [0.25, 0.3) is 0 Å². The van der Waals surface area contributed by atoms with Gasteiger partial charge in [-0.3, -0.25) is 0 Å². The zero-order valence-corrected chi connectivity index (χ0v) is 11.7. The van der Waals surface area contributed by atoms with Gasteiger partial charge in [0.2, 0.25) is 0 Å². The molecule has 0 saturated carbocycles. The van der Waals surface area contributed by atoms with E-state index < -0.39 is 0 Å². The minimum Gasteiger partial charge on any atom is -0.354 e. The van der Waals surface area contributed by atoms with Crippen LogP contribution >= 0.6 is 0 Å². The molecule has 1 N–H and O–H groups in total. The van der Waals surface area contributed by atoms with Crippen LogP contribution in [-0.4, -0.2) is 50.2 Å². The van der Waals surface area contributed by atoms with E-state index in [1.807, 2.05) is 7.05 Å². The lowest BCUT2D eigenvalue weighted by molar-refractivity contribution is 0.312. The second-order valence-electron chi connectivity index (χ2n) is 5.00. The Balaban J connectivity index is 2.17. The van der Waals surface area contributed by atoms with Crippen LogP contribution in [0, 0.1) is 0 Å². The van der Waals surface area contributed by atoms with Crippen LogP contribution in [0.1, 0.15) is 18.2 Å². The van der Waals surface area contributed by atoms with E-state index in [4.69, 9.17) is 4.98 Å². The first-order valence-electron chi connectivity index (χ1n) is 6.81. The van der Waals surface area contributed by atoms with Crippen LogP contribution in [0.2, 0.25) is 0 Å². The van der Waals surface area contributed by atoms with Crippen LogP contribution in [0.15, 0.2) is 12.1 Å². The van der Waals surface area contributed by atoms with E-state index in [9.17, 15) is 0 Å². The molecule has 4 nitrogen and oxygen atoms in total. The van der Waals surface area contributed by atoms with Gasteiger partial charge >= 0.3 is 0 Å². The molecule has 0 amide bonds. The number of likely N-dealkylation sites (N-methyl/N-ethyl adjacent to an activating group) is 1. The molecule has 4 heteroatoms. The van der Waals surface area contributed by atoms with Crippen molar-refractivity contribution in [2.24, 2.45) is 0 Å². The smallest absolute Gasteiger partial charge is 0.129 e. The minimum atomic E-state index is 0.913. The fraction of sp³-hybridized carbons (Fsp3) is 0.643. The molecule has 0 radical (unpaired) electrons. The van der Waals surface area contributed by atoms with Gasteiger partial charge in [-0.05, 0) is 38.2 Å². The second-order valence-corrected chi connectivity index (χ2v) is 5.00. The first kappa shape index (κ1) is 13.3. The summed E-state index contributed by atoms with van der Waals surface area (Å²) in [5, 5.41) is 3.22. The van der Waals surface area contributed by atoms with E-state index in [2.05, 4.69) is 41.2 Å². The zero-order valence-electron chi connectivity index (χ0n) is 11.7. The highest BCUT2D eigenvalue weighted by atomic mass is 15.3. The van der Waals surface area contributed by atoms with Crippen molar-refractivity contribution < 1.29 is 0 Å². The van der Waals surface area contributed by atoms with Gasteiger partial charge in [-0.1, -0.05) is 6.92 Å². The topological polar surface area (TPSA) is 31.4 Å². The molecular formula is C14H24N4. The zero-order chi connectivity index (χ0) is 13.0. The lowest BCUT2D eigenvalue weighted by atomic mass is 10.2. The Kier molecular flexibility index (Phi) is 4.55. The van der Waals surface area contributed by atoms with Gasteiger partial charge in [0, 0.05) is 38.4 Å². The maximum absolute atomic E-state index is 4.76. The molecule has 0 spiro atoms. The molecule has 1 aromatic rings. The van der Waals surface area contributed by atoms with Crippen molar-refractivity contribution in [1.82, 2.24) is 15.2 Å².